The third-order valence-electron chi connectivity index (χ3n) is 3.29. The second-order valence-electron chi connectivity index (χ2n) is 5.17. The molecular formula is C18H19ClN2O2S. The summed E-state index contributed by atoms with van der Waals surface area (Å²) < 4.78 is 0. The van der Waals surface area contributed by atoms with Crippen LogP contribution in [0, 0.1) is 6.92 Å². The molecule has 2 rings (SSSR count). The van der Waals surface area contributed by atoms with Crippen LogP contribution in [0.15, 0.2) is 53.4 Å². The lowest BCUT2D eigenvalue weighted by Gasteiger charge is -2.08. The van der Waals surface area contributed by atoms with Crippen molar-refractivity contribution in [2.24, 2.45) is 0 Å². The first-order valence-electron chi connectivity index (χ1n) is 7.55. The predicted molar refractivity (Wildman–Crippen MR) is 98.7 cm³/mol. The van der Waals surface area contributed by atoms with Gasteiger partial charge in [-0.1, -0.05) is 29.8 Å². The summed E-state index contributed by atoms with van der Waals surface area (Å²) >= 11 is 7.29. The second kappa shape index (κ2) is 9.35. The second-order valence-corrected chi connectivity index (χ2v) is 6.62. The minimum Gasteiger partial charge on any atom is -0.354 e. The number of aryl methyl sites for hydroxylation is 1. The Kier molecular flexibility index (Phi) is 7.15. The first-order chi connectivity index (χ1) is 11.6. The molecule has 2 N–H and O–H groups in total. The molecule has 0 atom stereocenters. The Balaban J connectivity index is 1.65. The van der Waals surface area contributed by atoms with Crippen LogP contribution in [0.4, 0.5) is 0 Å². The van der Waals surface area contributed by atoms with E-state index >= 15 is 0 Å². The molecule has 0 aliphatic carbocycles. The number of hydrogen-bond acceptors (Lipinski definition) is 3. The number of nitrogens with one attached hydrogen (secondary N) is 2. The molecule has 0 aliphatic rings. The molecule has 2 amide bonds. The number of carbonyl (C=O) groups excluding carboxylic acids is 2. The third-order valence-corrected chi connectivity index (χ3v) is 4.72. The molecule has 0 heterocycles. The Labute approximate surface area is 151 Å². The zero-order valence-corrected chi connectivity index (χ0v) is 14.9. The largest absolute Gasteiger partial charge is 0.354 e. The number of rotatable bonds is 7. The first-order valence-corrected chi connectivity index (χ1v) is 8.91. The number of carbonyl (C=O) groups is 2. The molecule has 0 aromatic heterocycles. The summed E-state index contributed by atoms with van der Waals surface area (Å²) in [6.07, 6.45) is 0. The Bertz CT molecular complexity index is 704. The van der Waals surface area contributed by atoms with Gasteiger partial charge in [-0.2, -0.15) is 0 Å². The molecule has 0 radical (unpaired) electrons. The van der Waals surface area contributed by atoms with Gasteiger partial charge in [0.05, 0.1) is 5.75 Å². The summed E-state index contributed by atoms with van der Waals surface area (Å²) in [5.41, 5.74) is 1.70. The first kappa shape index (κ1) is 18.4. The van der Waals surface area contributed by atoms with Gasteiger partial charge in [0.1, 0.15) is 0 Å². The van der Waals surface area contributed by atoms with Gasteiger partial charge in [0.15, 0.2) is 0 Å². The minimum absolute atomic E-state index is 0.0519. The van der Waals surface area contributed by atoms with Crippen LogP contribution >= 0.6 is 23.4 Å². The molecular weight excluding hydrogens is 344 g/mol. The van der Waals surface area contributed by atoms with Crippen LogP contribution in [0.5, 0.6) is 0 Å². The molecule has 126 valence electrons. The van der Waals surface area contributed by atoms with Gasteiger partial charge in [-0.15, -0.1) is 11.8 Å². The van der Waals surface area contributed by atoms with Crippen molar-refractivity contribution in [1.82, 2.24) is 10.6 Å². The fourth-order valence-electron chi connectivity index (χ4n) is 1.99. The highest BCUT2D eigenvalue weighted by Crippen LogP contribution is 2.21. The highest BCUT2D eigenvalue weighted by Gasteiger charge is 2.06. The van der Waals surface area contributed by atoms with Crippen molar-refractivity contribution in [3.8, 4) is 0 Å². The van der Waals surface area contributed by atoms with E-state index in [0.29, 0.717) is 29.4 Å². The summed E-state index contributed by atoms with van der Waals surface area (Å²) in [6.45, 7) is 2.79. The normalized spacial score (nSPS) is 10.2. The zero-order chi connectivity index (χ0) is 17.4. The molecule has 0 fully saturated rings. The van der Waals surface area contributed by atoms with Crippen LogP contribution < -0.4 is 10.6 Å². The van der Waals surface area contributed by atoms with Crippen molar-refractivity contribution in [3.05, 3.63) is 64.7 Å². The Morgan fingerprint density at radius 1 is 1.00 bits per heavy atom. The fourth-order valence-corrected chi connectivity index (χ4v) is 2.98. The van der Waals surface area contributed by atoms with Crippen molar-refractivity contribution in [3.63, 3.8) is 0 Å². The molecule has 2 aromatic carbocycles. The average molecular weight is 363 g/mol. The Morgan fingerprint density at radius 2 is 1.67 bits per heavy atom. The molecule has 4 nitrogen and oxygen atoms in total. The summed E-state index contributed by atoms with van der Waals surface area (Å²) in [4.78, 5) is 24.8. The smallest absolute Gasteiger partial charge is 0.251 e. The van der Waals surface area contributed by atoms with Gasteiger partial charge in [0, 0.05) is 28.6 Å². The van der Waals surface area contributed by atoms with E-state index in [-0.39, 0.29) is 11.8 Å². The Hall–Kier alpha value is -1.98. The molecule has 2 aromatic rings. The molecule has 0 bridgehead atoms. The number of hydrogen-bond donors (Lipinski definition) is 2. The van der Waals surface area contributed by atoms with Crippen molar-refractivity contribution in [2.75, 3.05) is 18.8 Å². The van der Waals surface area contributed by atoms with Crippen LogP contribution in [-0.2, 0) is 4.79 Å². The van der Waals surface area contributed by atoms with Crippen molar-refractivity contribution in [2.45, 2.75) is 11.8 Å². The third kappa shape index (κ3) is 5.91. The summed E-state index contributed by atoms with van der Waals surface area (Å²) in [7, 11) is 0. The van der Waals surface area contributed by atoms with E-state index in [1.165, 1.54) is 11.8 Å². The Morgan fingerprint density at radius 3 is 2.38 bits per heavy atom. The predicted octanol–water partition coefficient (Wildman–Crippen LogP) is 3.29. The fraction of sp³-hybridized carbons (Fsp3) is 0.222. The van der Waals surface area contributed by atoms with Crippen LogP contribution in [0.3, 0.4) is 0 Å². The van der Waals surface area contributed by atoms with Gasteiger partial charge in [-0.3, -0.25) is 9.59 Å². The number of thioether (sulfide) groups is 1. The van der Waals surface area contributed by atoms with Gasteiger partial charge in [-0.05, 0) is 42.8 Å². The molecule has 24 heavy (non-hydrogen) atoms. The molecule has 0 unspecified atom stereocenters. The van der Waals surface area contributed by atoms with Gasteiger partial charge >= 0.3 is 0 Å². The lowest BCUT2D eigenvalue weighted by molar-refractivity contribution is -0.118. The van der Waals surface area contributed by atoms with Gasteiger partial charge < -0.3 is 10.6 Å². The quantitative estimate of drug-likeness (QED) is 0.587. The number of amides is 2. The standard InChI is InChI=1S/C18H19ClN2O2S/c1-13-4-2-3-5-16(13)24-12-17(22)20-10-11-21-18(23)14-6-8-15(19)9-7-14/h2-9H,10-12H2,1H3,(H,20,22)(H,21,23). The van der Waals surface area contributed by atoms with Crippen LogP contribution in [0.2, 0.25) is 5.02 Å². The summed E-state index contributed by atoms with van der Waals surface area (Å²) in [6, 6.07) is 14.6. The van der Waals surface area contributed by atoms with Gasteiger partial charge in [0.2, 0.25) is 5.91 Å². The van der Waals surface area contributed by atoms with Gasteiger partial charge in [-0.25, -0.2) is 0 Å². The van der Waals surface area contributed by atoms with Crippen LogP contribution in [-0.4, -0.2) is 30.7 Å². The van der Waals surface area contributed by atoms with Gasteiger partial charge in [0.25, 0.3) is 5.91 Å². The summed E-state index contributed by atoms with van der Waals surface area (Å²) in [5.74, 6) is 0.120. The highest BCUT2D eigenvalue weighted by molar-refractivity contribution is 8.00. The van der Waals surface area contributed by atoms with E-state index in [1.54, 1.807) is 24.3 Å². The lowest BCUT2D eigenvalue weighted by Crippen LogP contribution is -2.35. The molecule has 0 aliphatic heterocycles. The monoisotopic (exact) mass is 362 g/mol. The number of halogens is 1. The maximum atomic E-state index is 11.9. The van der Waals surface area contributed by atoms with E-state index < -0.39 is 0 Å². The average Bonchev–Trinajstić information content (AvgIpc) is 2.58. The SMILES string of the molecule is Cc1ccccc1SCC(=O)NCCNC(=O)c1ccc(Cl)cc1. The molecule has 0 saturated carbocycles. The zero-order valence-electron chi connectivity index (χ0n) is 13.3. The van der Waals surface area contributed by atoms with E-state index in [4.69, 9.17) is 11.6 Å². The highest BCUT2D eigenvalue weighted by atomic mass is 35.5. The molecule has 6 heteroatoms. The van der Waals surface area contributed by atoms with Crippen LogP contribution in [0.25, 0.3) is 0 Å². The van der Waals surface area contributed by atoms with Crippen LogP contribution in [0.1, 0.15) is 15.9 Å². The maximum Gasteiger partial charge on any atom is 0.251 e. The van der Waals surface area contributed by atoms with E-state index in [9.17, 15) is 9.59 Å². The minimum atomic E-state index is -0.185. The van der Waals surface area contributed by atoms with Crippen molar-refractivity contribution >= 4 is 35.2 Å². The maximum absolute atomic E-state index is 11.9. The topological polar surface area (TPSA) is 58.2 Å². The lowest BCUT2D eigenvalue weighted by atomic mass is 10.2. The van der Waals surface area contributed by atoms with Crippen molar-refractivity contribution < 1.29 is 9.59 Å². The van der Waals surface area contributed by atoms with E-state index in [0.717, 1.165) is 10.5 Å². The molecule has 0 spiro atoms. The van der Waals surface area contributed by atoms with E-state index in [2.05, 4.69) is 10.6 Å². The molecule has 0 saturated heterocycles. The number of benzene rings is 2. The summed E-state index contributed by atoms with van der Waals surface area (Å²) in [5, 5.41) is 6.13. The van der Waals surface area contributed by atoms with Crippen molar-refractivity contribution in [1.29, 1.82) is 0 Å². The van der Waals surface area contributed by atoms with E-state index in [1.807, 2.05) is 31.2 Å².